The van der Waals surface area contributed by atoms with Crippen LogP contribution in [0, 0.1) is 6.92 Å². The number of aromatic nitrogens is 2. The maximum atomic E-state index is 12.0. The Bertz CT molecular complexity index is 627. The molecular weight excluding hydrogens is 258 g/mol. The number of aryl methyl sites for hydroxylation is 3. The lowest BCUT2D eigenvalue weighted by Crippen LogP contribution is -2.21. The molecule has 0 atom stereocenters. The van der Waals surface area contributed by atoms with Gasteiger partial charge in [-0.15, -0.1) is 11.3 Å². The summed E-state index contributed by atoms with van der Waals surface area (Å²) in [4.78, 5) is 14.1. The largest absolute Gasteiger partial charge is 0.352 e. The number of thiophene rings is 1. The Kier molecular flexibility index (Phi) is 3.14. The summed E-state index contributed by atoms with van der Waals surface area (Å²) in [5.74, 6) is 0.0318. The second kappa shape index (κ2) is 4.81. The van der Waals surface area contributed by atoms with Gasteiger partial charge in [0.1, 0.15) is 0 Å². The lowest BCUT2D eigenvalue weighted by molar-refractivity contribution is 0.0960. The van der Waals surface area contributed by atoms with Gasteiger partial charge in [-0.25, -0.2) is 0 Å². The van der Waals surface area contributed by atoms with Gasteiger partial charge in [-0.3, -0.25) is 9.48 Å². The second-order valence-electron chi connectivity index (χ2n) is 4.81. The minimum Gasteiger partial charge on any atom is -0.352 e. The molecule has 1 amide bonds. The van der Waals surface area contributed by atoms with Crippen LogP contribution in [0.4, 0.5) is 0 Å². The molecular formula is C14H17N3OS. The summed E-state index contributed by atoms with van der Waals surface area (Å²) in [6, 6.07) is 2.02. The van der Waals surface area contributed by atoms with Crippen LogP contribution in [0.2, 0.25) is 0 Å². The van der Waals surface area contributed by atoms with E-state index in [0.717, 1.165) is 24.3 Å². The lowest BCUT2D eigenvalue weighted by atomic mass is 10.1. The van der Waals surface area contributed by atoms with Crippen LogP contribution in [0.1, 0.15) is 33.5 Å². The van der Waals surface area contributed by atoms with Crippen LogP contribution in [0.5, 0.6) is 0 Å². The fraction of sp³-hybridized carbons (Fsp3) is 0.429. The molecule has 0 aromatic carbocycles. The highest BCUT2D eigenvalue weighted by atomic mass is 32.1. The van der Waals surface area contributed by atoms with Crippen molar-refractivity contribution in [1.29, 1.82) is 0 Å². The summed E-state index contributed by atoms with van der Waals surface area (Å²) in [6.07, 6.45) is 4.02. The molecule has 3 rings (SSSR count). The fourth-order valence-electron chi connectivity index (χ4n) is 2.56. The first-order valence-corrected chi connectivity index (χ1v) is 7.46. The molecule has 100 valence electrons. The Morgan fingerprint density at radius 1 is 1.58 bits per heavy atom. The van der Waals surface area contributed by atoms with E-state index in [1.807, 2.05) is 19.2 Å². The first-order valence-electron chi connectivity index (χ1n) is 6.64. The molecule has 0 aliphatic carbocycles. The predicted octanol–water partition coefficient (Wildman–Crippen LogP) is 2.62. The number of nitrogens with one attached hydrogen (secondary N) is 1. The van der Waals surface area contributed by atoms with Crippen molar-refractivity contribution in [2.45, 2.75) is 33.2 Å². The molecule has 1 aliphatic rings. The summed E-state index contributed by atoms with van der Waals surface area (Å²) in [5, 5.41) is 7.29. The highest BCUT2D eigenvalue weighted by molar-refractivity contribution is 7.14. The van der Waals surface area contributed by atoms with Crippen LogP contribution in [-0.4, -0.2) is 22.2 Å². The number of amides is 1. The quantitative estimate of drug-likeness (QED) is 0.916. The normalized spacial score (nSPS) is 13.6. The van der Waals surface area contributed by atoms with E-state index in [2.05, 4.69) is 22.0 Å². The third-order valence-corrected chi connectivity index (χ3v) is 4.61. The van der Waals surface area contributed by atoms with Crippen molar-refractivity contribution in [2.75, 3.05) is 6.54 Å². The molecule has 2 aromatic rings. The minimum atomic E-state index is 0.0318. The Balaban J connectivity index is 2.08. The highest BCUT2D eigenvalue weighted by Crippen LogP contribution is 2.36. The molecule has 0 saturated carbocycles. The van der Waals surface area contributed by atoms with Gasteiger partial charge in [0.2, 0.25) is 0 Å². The van der Waals surface area contributed by atoms with E-state index >= 15 is 0 Å². The zero-order valence-electron chi connectivity index (χ0n) is 11.2. The molecule has 5 heteroatoms. The van der Waals surface area contributed by atoms with Crippen LogP contribution in [0.3, 0.4) is 0 Å². The number of carbonyl (C=O) groups excluding carboxylic acids is 1. The van der Waals surface area contributed by atoms with Crippen LogP contribution in [-0.2, 0) is 13.0 Å². The number of rotatable bonds is 2. The lowest BCUT2D eigenvalue weighted by Gasteiger charge is -2.03. The molecule has 0 spiro atoms. The zero-order chi connectivity index (χ0) is 13.4. The Hall–Kier alpha value is -1.62. The molecule has 1 N–H and O–H groups in total. The molecule has 1 aliphatic heterocycles. The monoisotopic (exact) mass is 275 g/mol. The predicted molar refractivity (Wildman–Crippen MR) is 76.6 cm³/mol. The third-order valence-electron chi connectivity index (χ3n) is 3.42. The standard InChI is InChI=1S/C14H17N3OS/c1-3-15-14(18)12-7-10-11(19-12)5-4-6-17-13(10)9(2)8-16-17/h7-8H,3-6H2,1-2H3,(H,15,18). The van der Waals surface area contributed by atoms with Gasteiger partial charge in [-0.2, -0.15) is 5.10 Å². The molecule has 0 unspecified atom stereocenters. The second-order valence-corrected chi connectivity index (χ2v) is 5.95. The maximum Gasteiger partial charge on any atom is 0.261 e. The van der Waals surface area contributed by atoms with Crippen LogP contribution < -0.4 is 5.32 Å². The average molecular weight is 275 g/mol. The van der Waals surface area contributed by atoms with Crippen LogP contribution in [0.25, 0.3) is 11.3 Å². The van der Waals surface area contributed by atoms with Crippen molar-refractivity contribution in [3.05, 3.63) is 27.6 Å². The molecule has 0 bridgehead atoms. The SMILES string of the molecule is CCNC(=O)c1cc2c(s1)CCCn1ncc(C)c1-2. The molecule has 3 heterocycles. The Morgan fingerprint density at radius 2 is 2.42 bits per heavy atom. The van der Waals surface area contributed by atoms with E-state index in [1.54, 1.807) is 11.3 Å². The van der Waals surface area contributed by atoms with Crippen molar-refractivity contribution in [3.63, 3.8) is 0 Å². The summed E-state index contributed by atoms with van der Waals surface area (Å²) >= 11 is 1.62. The minimum absolute atomic E-state index is 0.0318. The average Bonchev–Trinajstić information content (AvgIpc) is 2.90. The van der Waals surface area contributed by atoms with Crippen molar-refractivity contribution < 1.29 is 4.79 Å². The topological polar surface area (TPSA) is 46.9 Å². The van der Waals surface area contributed by atoms with Crippen LogP contribution in [0.15, 0.2) is 12.3 Å². The maximum absolute atomic E-state index is 12.0. The van der Waals surface area contributed by atoms with Gasteiger partial charge in [0.15, 0.2) is 0 Å². The molecule has 2 aromatic heterocycles. The number of hydrogen-bond donors (Lipinski definition) is 1. The van der Waals surface area contributed by atoms with Gasteiger partial charge in [0.05, 0.1) is 16.8 Å². The fourth-order valence-corrected chi connectivity index (χ4v) is 3.68. The summed E-state index contributed by atoms with van der Waals surface area (Å²) < 4.78 is 2.06. The first kappa shape index (κ1) is 12.4. The van der Waals surface area contributed by atoms with Crippen molar-refractivity contribution >= 4 is 17.2 Å². The number of fused-ring (bicyclic) bond motifs is 3. The molecule has 0 radical (unpaired) electrons. The molecule has 4 nitrogen and oxygen atoms in total. The van der Waals surface area contributed by atoms with Gasteiger partial charge in [-0.05, 0) is 38.3 Å². The highest BCUT2D eigenvalue weighted by Gasteiger charge is 2.22. The van der Waals surface area contributed by atoms with Gasteiger partial charge in [0, 0.05) is 23.5 Å². The number of carbonyl (C=O) groups is 1. The Morgan fingerprint density at radius 3 is 3.21 bits per heavy atom. The number of nitrogens with zero attached hydrogens (tertiary/aromatic N) is 2. The van der Waals surface area contributed by atoms with E-state index in [9.17, 15) is 4.79 Å². The zero-order valence-corrected chi connectivity index (χ0v) is 12.0. The molecule has 0 fully saturated rings. The third kappa shape index (κ3) is 2.08. The van der Waals surface area contributed by atoms with E-state index in [-0.39, 0.29) is 5.91 Å². The first-order chi connectivity index (χ1) is 9.20. The summed E-state index contributed by atoms with van der Waals surface area (Å²) in [5.41, 5.74) is 3.56. The van der Waals surface area contributed by atoms with Crippen LogP contribution >= 0.6 is 11.3 Å². The van der Waals surface area contributed by atoms with E-state index < -0.39 is 0 Å². The van der Waals surface area contributed by atoms with E-state index in [0.29, 0.717) is 6.54 Å². The van der Waals surface area contributed by atoms with Gasteiger partial charge in [0.25, 0.3) is 5.91 Å². The molecule has 0 saturated heterocycles. The summed E-state index contributed by atoms with van der Waals surface area (Å²) in [7, 11) is 0. The van der Waals surface area contributed by atoms with Gasteiger partial charge in [-0.1, -0.05) is 0 Å². The summed E-state index contributed by atoms with van der Waals surface area (Å²) in [6.45, 7) is 5.65. The van der Waals surface area contributed by atoms with E-state index in [1.165, 1.54) is 21.7 Å². The molecule has 19 heavy (non-hydrogen) atoms. The van der Waals surface area contributed by atoms with Gasteiger partial charge < -0.3 is 5.32 Å². The van der Waals surface area contributed by atoms with Crippen molar-refractivity contribution in [1.82, 2.24) is 15.1 Å². The smallest absolute Gasteiger partial charge is 0.261 e. The Labute approximate surface area is 116 Å². The van der Waals surface area contributed by atoms with Gasteiger partial charge >= 0.3 is 0 Å². The van der Waals surface area contributed by atoms with Crippen molar-refractivity contribution in [2.24, 2.45) is 0 Å². The van der Waals surface area contributed by atoms with Crippen molar-refractivity contribution in [3.8, 4) is 11.3 Å². The number of hydrogen-bond acceptors (Lipinski definition) is 3. The van der Waals surface area contributed by atoms with E-state index in [4.69, 9.17) is 0 Å².